The molecule has 0 aromatic heterocycles. The lowest BCUT2D eigenvalue weighted by Crippen LogP contribution is -2.18. The van der Waals surface area contributed by atoms with Crippen molar-refractivity contribution >= 4 is 17.6 Å². The van der Waals surface area contributed by atoms with E-state index < -0.39 is 5.97 Å². The Balaban J connectivity index is 2.59. The van der Waals surface area contributed by atoms with Crippen LogP contribution in [-0.2, 0) is 14.3 Å². The third-order valence-electron chi connectivity index (χ3n) is 2.12. The van der Waals surface area contributed by atoms with Crippen LogP contribution in [0.15, 0.2) is 18.2 Å². The lowest BCUT2D eigenvalue weighted by Gasteiger charge is -2.07. The highest BCUT2D eigenvalue weighted by Crippen LogP contribution is 2.13. The summed E-state index contributed by atoms with van der Waals surface area (Å²) in [5, 5.41) is 2.67. The molecule has 1 N–H and O–H groups in total. The van der Waals surface area contributed by atoms with Crippen molar-refractivity contribution in [1.82, 2.24) is 0 Å². The quantitative estimate of drug-likeness (QED) is 0.643. The number of nitrogens with one attached hydrogen (secondary N) is 1. The van der Waals surface area contributed by atoms with Gasteiger partial charge in [0.2, 0.25) is 5.91 Å². The fourth-order valence-electron chi connectivity index (χ4n) is 1.60. The Morgan fingerprint density at radius 3 is 2.29 bits per heavy atom. The maximum Gasteiger partial charge on any atom is 0.315 e. The smallest absolute Gasteiger partial charge is 0.315 e. The van der Waals surface area contributed by atoms with Gasteiger partial charge in [-0.2, -0.15) is 0 Å². The second-order valence-electron chi connectivity index (χ2n) is 3.91. The zero-order valence-electron chi connectivity index (χ0n) is 10.4. The molecule has 17 heavy (non-hydrogen) atoms. The van der Waals surface area contributed by atoms with Crippen molar-refractivity contribution in [3.63, 3.8) is 0 Å². The summed E-state index contributed by atoms with van der Waals surface area (Å²) in [6.07, 6.45) is -0.249. The molecule has 1 rings (SSSR count). The van der Waals surface area contributed by atoms with Gasteiger partial charge in [0.1, 0.15) is 6.42 Å². The summed E-state index contributed by atoms with van der Waals surface area (Å²) in [5.74, 6) is -0.858. The van der Waals surface area contributed by atoms with Crippen LogP contribution in [0.25, 0.3) is 0 Å². The van der Waals surface area contributed by atoms with Crippen LogP contribution in [0.3, 0.4) is 0 Å². The zero-order chi connectivity index (χ0) is 12.8. The number of ether oxygens (including phenoxy) is 1. The fraction of sp³-hybridized carbons (Fsp3) is 0.385. The van der Waals surface area contributed by atoms with Crippen molar-refractivity contribution in [2.45, 2.75) is 27.2 Å². The molecule has 1 amide bonds. The minimum Gasteiger partial charge on any atom is -0.466 e. The van der Waals surface area contributed by atoms with Crippen LogP contribution in [0.4, 0.5) is 5.69 Å². The highest BCUT2D eigenvalue weighted by molar-refractivity contribution is 6.01. The number of hydrogen-bond acceptors (Lipinski definition) is 3. The van der Waals surface area contributed by atoms with Crippen LogP contribution in [0.5, 0.6) is 0 Å². The monoisotopic (exact) mass is 235 g/mol. The predicted octanol–water partition coefficient (Wildman–Crippen LogP) is 2.20. The van der Waals surface area contributed by atoms with E-state index in [4.69, 9.17) is 4.74 Å². The van der Waals surface area contributed by atoms with E-state index in [0.29, 0.717) is 5.69 Å². The molecule has 0 bridgehead atoms. The Morgan fingerprint density at radius 2 is 1.76 bits per heavy atom. The van der Waals surface area contributed by atoms with Crippen molar-refractivity contribution in [3.05, 3.63) is 29.3 Å². The lowest BCUT2D eigenvalue weighted by molar-refractivity contribution is -0.145. The van der Waals surface area contributed by atoms with Crippen LogP contribution in [0, 0.1) is 13.8 Å². The standard InChI is InChI=1S/C13H17NO3/c1-4-17-13(16)8-12(15)14-11-6-9(2)5-10(3)7-11/h5-7H,4,8H2,1-3H3,(H,14,15). The Bertz CT molecular complexity index is 406. The van der Waals surface area contributed by atoms with Gasteiger partial charge in [0.15, 0.2) is 0 Å². The first-order valence-electron chi connectivity index (χ1n) is 5.55. The van der Waals surface area contributed by atoms with Gasteiger partial charge in [0, 0.05) is 5.69 Å². The van der Waals surface area contributed by atoms with E-state index in [9.17, 15) is 9.59 Å². The average Bonchev–Trinajstić information content (AvgIpc) is 2.14. The van der Waals surface area contributed by atoms with Crippen molar-refractivity contribution < 1.29 is 14.3 Å². The molecule has 0 aliphatic rings. The number of amides is 1. The Labute approximate surface area is 101 Å². The summed E-state index contributed by atoms with van der Waals surface area (Å²) in [5.41, 5.74) is 2.84. The van der Waals surface area contributed by atoms with Gasteiger partial charge < -0.3 is 10.1 Å². The number of carbonyl (C=O) groups excluding carboxylic acids is 2. The molecule has 0 aliphatic carbocycles. The molecule has 4 heteroatoms. The number of benzene rings is 1. The van der Waals surface area contributed by atoms with E-state index >= 15 is 0 Å². The topological polar surface area (TPSA) is 55.4 Å². The molecule has 0 spiro atoms. The molecule has 0 saturated carbocycles. The number of rotatable bonds is 4. The van der Waals surface area contributed by atoms with Crippen LogP contribution in [0.1, 0.15) is 24.5 Å². The second kappa shape index (κ2) is 6.03. The van der Waals surface area contributed by atoms with Gasteiger partial charge in [0.05, 0.1) is 6.61 Å². The molecule has 0 radical (unpaired) electrons. The summed E-state index contributed by atoms with van der Waals surface area (Å²) >= 11 is 0. The molecule has 0 saturated heterocycles. The summed E-state index contributed by atoms with van der Waals surface area (Å²) in [6.45, 7) is 5.90. The van der Waals surface area contributed by atoms with E-state index in [1.54, 1.807) is 6.92 Å². The van der Waals surface area contributed by atoms with Gasteiger partial charge >= 0.3 is 5.97 Å². The second-order valence-corrected chi connectivity index (χ2v) is 3.91. The van der Waals surface area contributed by atoms with Crippen LogP contribution >= 0.6 is 0 Å². The molecule has 4 nitrogen and oxygen atoms in total. The molecule has 0 unspecified atom stereocenters. The number of esters is 1. The third-order valence-corrected chi connectivity index (χ3v) is 2.12. The Hall–Kier alpha value is -1.84. The van der Waals surface area contributed by atoms with E-state index in [1.165, 1.54) is 0 Å². The summed E-state index contributed by atoms with van der Waals surface area (Å²) in [4.78, 5) is 22.6. The molecule has 1 aromatic rings. The van der Waals surface area contributed by atoms with E-state index in [2.05, 4.69) is 5.32 Å². The molecular formula is C13H17NO3. The SMILES string of the molecule is CCOC(=O)CC(=O)Nc1cc(C)cc(C)c1. The predicted molar refractivity (Wildman–Crippen MR) is 65.8 cm³/mol. The minimum atomic E-state index is -0.505. The van der Waals surface area contributed by atoms with Crippen molar-refractivity contribution in [3.8, 4) is 0 Å². The van der Waals surface area contributed by atoms with Gasteiger partial charge in [0.25, 0.3) is 0 Å². The van der Waals surface area contributed by atoms with Crippen molar-refractivity contribution in [1.29, 1.82) is 0 Å². The van der Waals surface area contributed by atoms with Crippen molar-refractivity contribution in [2.24, 2.45) is 0 Å². The first-order valence-corrected chi connectivity index (χ1v) is 5.55. The third kappa shape index (κ3) is 4.68. The van der Waals surface area contributed by atoms with Gasteiger partial charge in [-0.05, 0) is 44.0 Å². The Morgan fingerprint density at radius 1 is 1.18 bits per heavy atom. The number of anilines is 1. The van der Waals surface area contributed by atoms with Gasteiger partial charge in [-0.1, -0.05) is 6.07 Å². The first-order chi connectivity index (χ1) is 8.01. The molecule has 92 valence electrons. The van der Waals surface area contributed by atoms with Crippen LogP contribution < -0.4 is 5.32 Å². The van der Waals surface area contributed by atoms with E-state index in [1.807, 2.05) is 32.0 Å². The van der Waals surface area contributed by atoms with Crippen LogP contribution in [0.2, 0.25) is 0 Å². The Kier molecular flexibility index (Phi) is 4.69. The molecule has 0 atom stereocenters. The molecular weight excluding hydrogens is 218 g/mol. The zero-order valence-corrected chi connectivity index (χ0v) is 10.4. The summed E-state index contributed by atoms with van der Waals surface area (Å²) in [6, 6.07) is 5.73. The van der Waals surface area contributed by atoms with E-state index in [-0.39, 0.29) is 18.9 Å². The van der Waals surface area contributed by atoms with Crippen LogP contribution in [-0.4, -0.2) is 18.5 Å². The molecule has 1 aromatic carbocycles. The molecule has 0 aliphatic heterocycles. The highest BCUT2D eigenvalue weighted by Gasteiger charge is 2.10. The molecule has 0 heterocycles. The van der Waals surface area contributed by atoms with Gasteiger partial charge in [-0.3, -0.25) is 9.59 Å². The number of carbonyl (C=O) groups is 2. The number of hydrogen-bond donors (Lipinski definition) is 1. The maximum absolute atomic E-state index is 11.5. The summed E-state index contributed by atoms with van der Waals surface area (Å²) < 4.78 is 4.70. The summed E-state index contributed by atoms with van der Waals surface area (Å²) in [7, 11) is 0. The van der Waals surface area contributed by atoms with Gasteiger partial charge in [-0.15, -0.1) is 0 Å². The van der Waals surface area contributed by atoms with E-state index in [0.717, 1.165) is 11.1 Å². The fourth-order valence-corrected chi connectivity index (χ4v) is 1.60. The lowest BCUT2D eigenvalue weighted by atomic mass is 10.1. The molecule has 0 fully saturated rings. The highest BCUT2D eigenvalue weighted by atomic mass is 16.5. The number of aryl methyl sites for hydroxylation is 2. The van der Waals surface area contributed by atoms with Crippen molar-refractivity contribution in [2.75, 3.05) is 11.9 Å². The minimum absolute atomic E-state index is 0.249. The largest absolute Gasteiger partial charge is 0.466 e. The normalized spacial score (nSPS) is 9.82. The average molecular weight is 235 g/mol. The maximum atomic E-state index is 11.5. The first kappa shape index (κ1) is 13.2. The van der Waals surface area contributed by atoms with Gasteiger partial charge in [-0.25, -0.2) is 0 Å².